The number of carbonyl (C=O) groups excluding carboxylic acids is 1. The Hall–Kier alpha value is -1.59. The Bertz CT molecular complexity index is 439. The van der Waals surface area contributed by atoms with Gasteiger partial charge in [-0.1, -0.05) is 0 Å². The van der Waals surface area contributed by atoms with Crippen LogP contribution >= 0.6 is 0 Å². The predicted octanol–water partition coefficient (Wildman–Crippen LogP) is 0.800. The van der Waals surface area contributed by atoms with Gasteiger partial charge in [0.25, 0.3) is 5.91 Å². The average Bonchev–Trinajstić information content (AvgIpc) is 2.53. The zero-order valence-corrected chi connectivity index (χ0v) is 12.2. The molecule has 20 heavy (non-hydrogen) atoms. The summed E-state index contributed by atoms with van der Waals surface area (Å²) in [6.45, 7) is 6.08. The largest absolute Gasteiger partial charge is 0.497 e. The minimum Gasteiger partial charge on any atom is -0.497 e. The first-order valence-electron chi connectivity index (χ1n) is 7.03. The average molecular weight is 277 g/mol. The lowest BCUT2D eigenvalue weighted by molar-refractivity contribution is 0.0589. The van der Waals surface area contributed by atoms with E-state index in [1.807, 2.05) is 29.2 Å². The molecule has 2 rings (SSSR count). The van der Waals surface area contributed by atoms with Gasteiger partial charge in [-0.25, -0.2) is 0 Å². The molecule has 1 atom stereocenters. The number of piperazine rings is 1. The summed E-state index contributed by atoms with van der Waals surface area (Å²) in [6.07, 6.45) is 0. The number of ether oxygens (including phenoxy) is 1. The number of amides is 1. The zero-order chi connectivity index (χ0) is 14.5. The lowest BCUT2D eigenvalue weighted by atomic mass is 10.1. The molecule has 1 aromatic rings. The van der Waals surface area contributed by atoms with Crippen LogP contribution in [-0.4, -0.2) is 61.6 Å². The molecule has 0 aromatic heterocycles. The van der Waals surface area contributed by atoms with Crippen LogP contribution in [0.3, 0.4) is 0 Å². The van der Waals surface area contributed by atoms with Crippen molar-refractivity contribution in [2.75, 3.05) is 39.8 Å². The number of nitrogens with two attached hydrogens (primary N) is 1. The van der Waals surface area contributed by atoms with E-state index < -0.39 is 0 Å². The first-order valence-corrected chi connectivity index (χ1v) is 7.03. The third-order valence-electron chi connectivity index (χ3n) is 3.90. The maximum Gasteiger partial charge on any atom is 0.253 e. The Kier molecular flexibility index (Phi) is 4.98. The highest BCUT2D eigenvalue weighted by molar-refractivity contribution is 5.94. The van der Waals surface area contributed by atoms with Crippen molar-refractivity contribution < 1.29 is 9.53 Å². The van der Waals surface area contributed by atoms with Crippen LogP contribution in [0, 0.1) is 0 Å². The standard InChI is InChI=1S/C15H23N3O2/c1-12(11-16)17-7-9-18(10-8-17)15(19)13-3-5-14(20-2)6-4-13/h3-6,12H,7-11,16H2,1-2H3. The molecule has 0 aliphatic carbocycles. The Morgan fingerprint density at radius 1 is 1.25 bits per heavy atom. The molecule has 1 aromatic carbocycles. The van der Waals surface area contributed by atoms with Gasteiger partial charge in [0, 0.05) is 44.3 Å². The summed E-state index contributed by atoms with van der Waals surface area (Å²) in [5, 5.41) is 0. The number of carbonyl (C=O) groups is 1. The summed E-state index contributed by atoms with van der Waals surface area (Å²) >= 11 is 0. The Labute approximate surface area is 120 Å². The molecule has 0 radical (unpaired) electrons. The molecule has 0 spiro atoms. The van der Waals surface area contributed by atoms with Crippen molar-refractivity contribution in [1.82, 2.24) is 9.80 Å². The number of methoxy groups -OCH3 is 1. The van der Waals surface area contributed by atoms with Crippen LogP contribution in [0.4, 0.5) is 0 Å². The van der Waals surface area contributed by atoms with Crippen molar-refractivity contribution in [2.24, 2.45) is 5.73 Å². The fourth-order valence-corrected chi connectivity index (χ4v) is 2.43. The molecule has 110 valence electrons. The number of hydrogen-bond donors (Lipinski definition) is 1. The molecule has 5 heteroatoms. The Balaban J connectivity index is 1.94. The second-order valence-corrected chi connectivity index (χ2v) is 5.14. The summed E-state index contributed by atoms with van der Waals surface area (Å²) in [5.74, 6) is 0.857. The fraction of sp³-hybridized carbons (Fsp3) is 0.533. The Morgan fingerprint density at radius 2 is 1.85 bits per heavy atom. The molecule has 0 bridgehead atoms. The summed E-state index contributed by atoms with van der Waals surface area (Å²) in [6, 6.07) is 7.65. The van der Waals surface area contributed by atoms with Crippen molar-refractivity contribution >= 4 is 5.91 Å². The van der Waals surface area contributed by atoms with Crippen LogP contribution in [0.25, 0.3) is 0 Å². The molecular formula is C15H23N3O2. The van der Waals surface area contributed by atoms with Gasteiger partial charge in [-0.05, 0) is 31.2 Å². The Morgan fingerprint density at radius 3 is 2.35 bits per heavy atom. The van der Waals surface area contributed by atoms with Gasteiger partial charge in [0.05, 0.1) is 7.11 Å². The van der Waals surface area contributed by atoms with E-state index in [9.17, 15) is 4.79 Å². The van der Waals surface area contributed by atoms with E-state index in [0.29, 0.717) is 18.2 Å². The molecule has 1 fully saturated rings. The number of nitrogens with zero attached hydrogens (tertiary/aromatic N) is 2. The normalized spacial score (nSPS) is 17.9. The highest BCUT2D eigenvalue weighted by atomic mass is 16.5. The van der Waals surface area contributed by atoms with Gasteiger partial charge in [0.2, 0.25) is 0 Å². The molecule has 2 N–H and O–H groups in total. The van der Waals surface area contributed by atoms with Gasteiger partial charge < -0.3 is 15.4 Å². The van der Waals surface area contributed by atoms with Crippen LogP contribution in [0.2, 0.25) is 0 Å². The third-order valence-corrected chi connectivity index (χ3v) is 3.90. The van der Waals surface area contributed by atoms with Crippen LogP contribution < -0.4 is 10.5 Å². The monoisotopic (exact) mass is 277 g/mol. The van der Waals surface area contributed by atoms with Gasteiger partial charge >= 0.3 is 0 Å². The number of benzene rings is 1. The predicted molar refractivity (Wildman–Crippen MR) is 79.0 cm³/mol. The quantitative estimate of drug-likeness (QED) is 0.884. The van der Waals surface area contributed by atoms with Crippen molar-refractivity contribution in [1.29, 1.82) is 0 Å². The van der Waals surface area contributed by atoms with Crippen molar-refractivity contribution in [3.8, 4) is 5.75 Å². The summed E-state index contributed by atoms with van der Waals surface area (Å²) in [7, 11) is 1.62. The molecule has 5 nitrogen and oxygen atoms in total. The van der Waals surface area contributed by atoms with Gasteiger partial charge in [0.1, 0.15) is 5.75 Å². The van der Waals surface area contributed by atoms with E-state index >= 15 is 0 Å². The van der Waals surface area contributed by atoms with E-state index in [1.165, 1.54) is 0 Å². The van der Waals surface area contributed by atoms with Crippen LogP contribution in [-0.2, 0) is 0 Å². The molecule has 1 saturated heterocycles. The van der Waals surface area contributed by atoms with Crippen molar-refractivity contribution in [3.63, 3.8) is 0 Å². The number of rotatable bonds is 4. The summed E-state index contributed by atoms with van der Waals surface area (Å²) < 4.78 is 5.10. The molecule has 0 saturated carbocycles. The lowest BCUT2D eigenvalue weighted by Crippen LogP contribution is -2.52. The van der Waals surface area contributed by atoms with Crippen LogP contribution in [0.1, 0.15) is 17.3 Å². The first-order chi connectivity index (χ1) is 9.65. The van der Waals surface area contributed by atoms with E-state index in [-0.39, 0.29) is 5.91 Å². The second-order valence-electron chi connectivity index (χ2n) is 5.14. The summed E-state index contributed by atoms with van der Waals surface area (Å²) in [5.41, 5.74) is 6.40. The molecule has 1 heterocycles. The van der Waals surface area contributed by atoms with Crippen LogP contribution in [0.5, 0.6) is 5.75 Å². The van der Waals surface area contributed by atoms with Gasteiger partial charge in [-0.15, -0.1) is 0 Å². The summed E-state index contributed by atoms with van der Waals surface area (Å²) in [4.78, 5) is 16.6. The van der Waals surface area contributed by atoms with Gasteiger partial charge in [-0.3, -0.25) is 9.69 Å². The fourth-order valence-electron chi connectivity index (χ4n) is 2.43. The topological polar surface area (TPSA) is 58.8 Å². The van der Waals surface area contributed by atoms with E-state index in [4.69, 9.17) is 10.5 Å². The molecule has 1 aliphatic rings. The first kappa shape index (κ1) is 14.8. The zero-order valence-electron chi connectivity index (χ0n) is 12.2. The minimum atomic E-state index is 0.0905. The van der Waals surface area contributed by atoms with Gasteiger partial charge in [-0.2, -0.15) is 0 Å². The number of hydrogen-bond acceptors (Lipinski definition) is 4. The smallest absolute Gasteiger partial charge is 0.253 e. The molecule has 1 aliphatic heterocycles. The lowest BCUT2D eigenvalue weighted by Gasteiger charge is -2.37. The van der Waals surface area contributed by atoms with Crippen molar-refractivity contribution in [2.45, 2.75) is 13.0 Å². The van der Waals surface area contributed by atoms with Crippen molar-refractivity contribution in [3.05, 3.63) is 29.8 Å². The second kappa shape index (κ2) is 6.72. The maximum absolute atomic E-state index is 12.4. The maximum atomic E-state index is 12.4. The van der Waals surface area contributed by atoms with Gasteiger partial charge in [0.15, 0.2) is 0 Å². The molecular weight excluding hydrogens is 254 g/mol. The third kappa shape index (κ3) is 3.29. The highest BCUT2D eigenvalue weighted by Gasteiger charge is 2.24. The van der Waals surface area contributed by atoms with E-state index in [1.54, 1.807) is 7.11 Å². The SMILES string of the molecule is COc1ccc(C(=O)N2CCN(C(C)CN)CC2)cc1. The van der Waals surface area contributed by atoms with E-state index in [2.05, 4.69) is 11.8 Å². The minimum absolute atomic E-state index is 0.0905. The highest BCUT2D eigenvalue weighted by Crippen LogP contribution is 2.14. The molecule has 1 amide bonds. The molecule has 1 unspecified atom stereocenters. The van der Waals surface area contributed by atoms with E-state index in [0.717, 1.165) is 31.9 Å². The van der Waals surface area contributed by atoms with Crippen LogP contribution in [0.15, 0.2) is 24.3 Å².